The number of benzene rings is 2. The van der Waals surface area contributed by atoms with Crippen molar-refractivity contribution in [3.8, 4) is 0 Å². The molecule has 2 aromatic carbocycles. The quantitative estimate of drug-likeness (QED) is 0.631. The molecule has 0 unspecified atom stereocenters. The molecule has 1 N–H and O–H groups in total. The molecule has 0 saturated heterocycles. The summed E-state index contributed by atoms with van der Waals surface area (Å²) in [5.74, 6) is -1.46. The number of nitrogens with one attached hydrogen (secondary N) is 1. The van der Waals surface area contributed by atoms with Crippen molar-refractivity contribution in [3.63, 3.8) is 0 Å². The van der Waals surface area contributed by atoms with E-state index in [1.807, 2.05) is 0 Å². The van der Waals surface area contributed by atoms with Crippen molar-refractivity contribution in [2.24, 2.45) is 0 Å². The highest BCUT2D eigenvalue weighted by molar-refractivity contribution is 6.22. The summed E-state index contributed by atoms with van der Waals surface area (Å²) in [6.07, 6.45) is -2.99. The van der Waals surface area contributed by atoms with Gasteiger partial charge in [0.1, 0.15) is 0 Å². The number of hydrogen-bond donors (Lipinski definition) is 1. The number of alkyl halides is 3. The number of rotatable bonds is 5. The Morgan fingerprint density at radius 1 is 1.04 bits per heavy atom. The van der Waals surface area contributed by atoms with Crippen molar-refractivity contribution in [2.75, 3.05) is 6.54 Å². The zero-order valence-electron chi connectivity index (χ0n) is 14.5. The fourth-order valence-electron chi connectivity index (χ4n) is 2.82. The van der Waals surface area contributed by atoms with Crippen molar-refractivity contribution in [1.82, 2.24) is 10.2 Å². The molecule has 0 radical (unpaired) electrons. The van der Waals surface area contributed by atoms with E-state index in [0.717, 1.165) is 17.0 Å². The summed E-state index contributed by atoms with van der Waals surface area (Å²) >= 11 is 0. The lowest BCUT2D eigenvalue weighted by atomic mass is 10.1. The van der Waals surface area contributed by atoms with Gasteiger partial charge >= 0.3 is 6.18 Å². The molecule has 0 aliphatic carbocycles. The van der Waals surface area contributed by atoms with Crippen molar-refractivity contribution < 1.29 is 27.6 Å². The van der Waals surface area contributed by atoms with Crippen LogP contribution < -0.4 is 5.32 Å². The van der Waals surface area contributed by atoms with Gasteiger partial charge in [-0.3, -0.25) is 19.3 Å². The van der Waals surface area contributed by atoms with E-state index >= 15 is 0 Å². The van der Waals surface area contributed by atoms with Crippen molar-refractivity contribution in [1.29, 1.82) is 0 Å². The Balaban J connectivity index is 1.70. The van der Waals surface area contributed by atoms with Crippen LogP contribution in [0.15, 0.2) is 55.1 Å². The average Bonchev–Trinajstić information content (AvgIpc) is 2.90. The first-order valence-electron chi connectivity index (χ1n) is 8.28. The predicted molar refractivity (Wildman–Crippen MR) is 94.6 cm³/mol. The molecule has 0 bridgehead atoms. The van der Waals surface area contributed by atoms with E-state index in [4.69, 9.17) is 0 Å². The summed E-state index contributed by atoms with van der Waals surface area (Å²) in [5, 5.41) is 2.58. The molecule has 0 aromatic heterocycles. The van der Waals surface area contributed by atoms with E-state index in [0.29, 0.717) is 5.56 Å². The maximum atomic E-state index is 12.6. The highest BCUT2D eigenvalue weighted by atomic mass is 19.4. The van der Waals surface area contributed by atoms with Gasteiger partial charge in [0.05, 0.1) is 16.7 Å². The third-order valence-corrected chi connectivity index (χ3v) is 4.28. The fraction of sp³-hybridized carbons (Fsp3) is 0.150. The van der Waals surface area contributed by atoms with E-state index in [9.17, 15) is 27.6 Å². The number of imide groups is 1. The number of amides is 3. The van der Waals surface area contributed by atoms with Gasteiger partial charge in [-0.15, -0.1) is 6.58 Å². The molecule has 2 aromatic rings. The Hall–Kier alpha value is -3.42. The smallest absolute Gasteiger partial charge is 0.348 e. The van der Waals surface area contributed by atoms with Crippen molar-refractivity contribution in [2.45, 2.75) is 12.7 Å². The number of carbonyl (C=O) groups is 3. The third-order valence-electron chi connectivity index (χ3n) is 4.28. The van der Waals surface area contributed by atoms with Crippen LogP contribution in [0.2, 0.25) is 0 Å². The van der Waals surface area contributed by atoms with E-state index in [-0.39, 0.29) is 29.8 Å². The summed E-state index contributed by atoms with van der Waals surface area (Å²) in [6.45, 7) is 3.59. The molecule has 0 atom stereocenters. The first-order chi connectivity index (χ1) is 13.2. The van der Waals surface area contributed by atoms with Crippen LogP contribution in [0.1, 0.15) is 42.2 Å². The minimum absolute atomic E-state index is 0.0174. The summed E-state index contributed by atoms with van der Waals surface area (Å²) in [5.41, 5.74) is 0.242. The van der Waals surface area contributed by atoms with Crippen molar-refractivity contribution >= 4 is 17.7 Å². The van der Waals surface area contributed by atoms with Gasteiger partial charge in [-0.2, -0.15) is 13.2 Å². The van der Waals surface area contributed by atoms with Crippen LogP contribution in [0.5, 0.6) is 0 Å². The molecule has 0 spiro atoms. The maximum absolute atomic E-state index is 12.6. The summed E-state index contributed by atoms with van der Waals surface area (Å²) < 4.78 is 37.7. The zero-order valence-corrected chi connectivity index (χ0v) is 14.5. The summed E-state index contributed by atoms with van der Waals surface area (Å²) in [6, 6.07) is 8.60. The highest BCUT2D eigenvalue weighted by Crippen LogP contribution is 2.29. The van der Waals surface area contributed by atoms with Gasteiger partial charge in [0, 0.05) is 18.7 Å². The molecule has 1 aliphatic rings. The zero-order chi connectivity index (χ0) is 20.5. The lowest BCUT2D eigenvalue weighted by Crippen LogP contribution is -2.29. The van der Waals surface area contributed by atoms with Gasteiger partial charge in [0.15, 0.2) is 0 Å². The lowest BCUT2D eigenvalue weighted by molar-refractivity contribution is -0.137. The molecule has 5 nitrogen and oxygen atoms in total. The second kappa shape index (κ2) is 7.30. The fourth-order valence-corrected chi connectivity index (χ4v) is 2.82. The molecular formula is C20H15F3N2O3. The average molecular weight is 388 g/mol. The normalized spacial score (nSPS) is 13.5. The van der Waals surface area contributed by atoms with Crippen LogP contribution in [-0.2, 0) is 12.7 Å². The number of fused-ring (bicyclic) bond motifs is 1. The topological polar surface area (TPSA) is 66.5 Å². The predicted octanol–water partition coefficient (Wildman–Crippen LogP) is 3.42. The largest absolute Gasteiger partial charge is 0.416 e. The van der Waals surface area contributed by atoms with Crippen LogP contribution in [0.25, 0.3) is 0 Å². The molecule has 28 heavy (non-hydrogen) atoms. The Kier molecular flexibility index (Phi) is 5.04. The van der Waals surface area contributed by atoms with Crippen molar-refractivity contribution in [3.05, 3.63) is 82.9 Å². The maximum Gasteiger partial charge on any atom is 0.416 e. The summed E-state index contributed by atoms with van der Waals surface area (Å²) in [4.78, 5) is 37.8. The van der Waals surface area contributed by atoms with Gasteiger partial charge in [-0.1, -0.05) is 18.2 Å². The third kappa shape index (κ3) is 3.66. The van der Waals surface area contributed by atoms with Gasteiger partial charge < -0.3 is 5.32 Å². The van der Waals surface area contributed by atoms with Gasteiger partial charge in [0.25, 0.3) is 17.7 Å². The van der Waals surface area contributed by atoms with E-state index in [1.54, 1.807) is 0 Å². The Labute approximate surface area is 158 Å². The molecule has 0 saturated carbocycles. The van der Waals surface area contributed by atoms with Crippen LogP contribution in [0, 0.1) is 0 Å². The van der Waals surface area contributed by atoms with Gasteiger partial charge in [0.2, 0.25) is 0 Å². The molecule has 0 fully saturated rings. The SMILES string of the molecule is C=CCN1C(=O)c2ccc(C(=O)NCc3ccc(C(F)(F)F)cc3)cc2C1=O. The Morgan fingerprint density at radius 2 is 1.68 bits per heavy atom. The molecule has 3 rings (SSSR count). The highest BCUT2D eigenvalue weighted by Gasteiger charge is 2.35. The number of carbonyl (C=O) groups excluding carboxylic acids is 3. The molecule has 1 heterocycles. The number of hydrogen-bond acceptors (Lipinski definition) is 3. The molecule has 8 heteroatoms. The van der Waals surface area contributed by atoms with Crippen LogP contribution in [-0.4, -0.2) is 29.2 Å². The molecular weight excluding hydrogens is 373 g/mol. The number of nitrogens with zero attached hydrogens (tertiary/aromatic N) is 1. The summed E-state index contributed by atoms with van der Waals surface area (Å²) in [7, 11) is 0. The first kappa shape index (κ1) is 19.3. The Morgan fingerprint density at radius 3 is 2.29 bits per heavy atom. The van der Waals surface area contributed by atoms with E-state index in [1.165, 1.54) is 36.4 Å². The standard InChI is InChI=1S/C20H15F3N2O3/c1-2-9-25-18(27)15-8-5-13(10-16(15)19(25)28)17(26)24-11-12-3-6-14(7-4-12)20(21,22)23/h2-8,10H,1,9,11H2,(H,24,26). The second-order valence-electron chi connectivity index (χ2n) is 6.15. The minimum atomic E-state index is -4.42. The minimum Gasteiger partial charge on any atom is -0.348 e. The number of halogens is 3. The molecule has 3 amide bonds. The Bertz CT molecular complexity index is 966. The molecule has 144 valence electrons. The van der Waals surface area contributed by atoms with E-state index in [2.05, 4.69) is 11.9 Å². The lowest BCUT2D eigenvalue weighted by Gasteiger charge is -2.09. The van der Waals surface area contributed by atoms with Crippen LogP contribution >= 0.6 is 0 Å². The van der Waals surface area contributed by atoms with E-state index < -0.39 is 29.5 Å². The monoisotopic (exact) mass is 388 g/mol. The first-order valence-corrected chi connectivity index (χ1v) is 8.28. The van der Waals surface area contributed by atoms with Crippen LogP contribution in [0.4, 0.5) is 13.2 Å². The van der Waals surface area contributed by atoms with Gasteiger partial charge in [-0.25, -0.2) is 0 Å². The van der Waals surface area contributed by atoms with Crippen LogP contribution in [0.3, 0.4) is 0 Å². The van der Waals surface area contributed by atoms with Gasteiger partial charge in [-0.05, 0) is 35.9 Å². The second-order valence-corrected chi connectivity index (χ2v) is 6.15. The molecule has 1 aliphatic heterocycles.